The molecule has 0 bridgehead atoms. The van der Waals surface area contributed by atoms with Gasteiger partial charge in [0.25, 0.3) is 0 Å². The Morgan fingerprint density at radius 3 is 2.57 bits per heavy atom. The van der Waals surface area contributed by atoms with Gasteiger partial charge in [-0.15, -0.1) is 0 Å². The van der Waals surface area contributed by atoms with Crippen LogP contribution in [-0.2, 0) is 10.0 Å². The summed E-state index contributed by atoms with van der Waals surface area (Å²) in [6.07, 6.45) is 1.59. The lowest BCUT2D eigenvalue weighted by Gasteiger charge is -2.18. The number of nitrogens with zero attached hydrogens (tertiary/aromatic N) is 5. The molecule has 154 valence electrons. The van der Waals surface area contributed by atoms with Crippen molar-refractivity contribution in [3.63, 3.8) is 0 Å². The predicted octanol–water partition coefficient (Wildman–Crippen LogP) is 3.39. The highest BCUT2D eigenvalue weighted by Gasteiger charge is 2.22. The number of nitriles is 1. The van der Waals surface area contributed by atoms with Gasteiger partial charge in [0.05, 0.1) is 22.7 Å². The smallest absolute Gasteiger partial charge is 0.243 e. The van der Waals surface area contributed by atoms with Crippen molar-refractivity contribution in [1.29, 1.82) is 5.26 Å². The van der Waals surface area contributed by atoms with Gasteiger partial charge in [0.2, 0.25) is 14.8 Å². The molecule has 30 heavy (non-hydrogen) atoms. The summed E-state index contributed by atoms with van der Waals surface area (Å²) in [5.41, 5.74) is 1.90. The van der Waals surface area contributed by atoms with E-state index in [0.717, 1.165) is 5.56 Å². The molecule has 0 radical (unpaired) electrons. The zero-order valence-corrected chi connectivity index (χ0v) is 18.1. The molecule has 0 atom stereocenters. The minimum absolute atomic E-state index is 0.181. The first kappa shape index (κ1) is 21.6. The van der Waals surface area contributed by atoms with Gasteiger partial charge in [0, 0.05) is 18.7 Å². The van der Waals surface area contributed by atoms with E-state index in [1.165, 1.54) is 8.98 Å². The molecule has 1 heterocycles. The average Bonchev–Trinajstić information content (AvgIpc) is 3.13. The Bertz CT molecular complexity index is 1260. The first-order valence-electron chi connectivity index (χ1n) is 9.23. The van der Waals surface area contributed by atoms with Crippen LogP contribution in [0.2, 0.25) is 0 Å². The van der Waals surface area contributed by atoms with E-state index in [1.807, 2.05) is 0 Å². The number of nitrogens with one attached hydrogen (secondary N) is 1. The zero-order chi connectivity index (χ0) is 21.7. The van der Waals surface area contributed by atoms with Gasteiger partial charge in [0.1, 0.15) is 0 Å². The van der Waals surface area contributed by atoms with Crippen LogP contribution in [0.1, 0.15) is 25.0 Å². The van der Waals surface area contributed by atoms with Crippen LogP contribution in [0, 0.1) is 16.1 Å². The summed E-state index contributed by atoms with van der Waals surface area (Å²) in [4.78, 5) is 0.181. The number of hydrogen-bond donors (Lipinski definition) is 1. The molecule has 0 amide bonds. The lowest BCUT2D eigenvalue weighted by atomic mass is 10.2. The molecule has 0 spiro atoms. The summed E-state index contributed by atoms with van der Waals surface area (Å²) in [5, 5.41) is 20.2. The third-order valence-electron chi connectivity index (χ3n) is 4.45. The van der Waals surface area contributed by atoms with Crippen molar-refractivity contribution in [3.05, 3.63) is 64.4 Å². The molecule has 2 aromatic carbocycles. The van der Waals surface area contributed by atoms with Gasteiger partial charge in [-0.25, -0.2) is 13.5 Å². The highest BCUT2D eigenvalue weighted by Crippen LogP contribution is 2.23. The van der Waals surface area contributed by atoms with Gasteiger partial charge in [0.15, 0.2) is 5.82 Å². The van der Waals surface area contributed by atoms with Crippen LogP contribution < -0.4 is 0 Å². The molecule has 1 aromatic heterocycles. The zero-order valence-electron chi connectivity index (χ0n) is 16.5. The van der Waals surface area contributed by atoms with Crippen molar-refractivity contribution >= 4 is 28.5 Å². The van der Waals surface area contributed by atoms with Crippen LogP contribution in [0.15, 0.2) is 58.5 Å². The molecular formula is C20H20N6O2S2. The Hall–Kier alpha value is -3.13. The number of benzene rings is 2. The molecule has 0 aliphatic heterocycles. The van der Waals surface area contributed by atoms with E-state index in [-0.39, 0.29) is 9.67 Å². The van der Waals surface area contributed by atoms with Crippen LogP contribution in [0.5, 0.6) is 0 Å². The van der Waals surface area contributed by atoms with Crippen molar-refractivity contribution in [3.8, 4) is 17.5 Å². The first-order chi connectivity index (χ1) is 14.4. The van der Waals surface area contributed by atoms with Gasteiger partial charge < -0.3 is 0 Å². The Balaban J connectivity index is 1.99. The second kappa shape index (κ2) is 9.13. The number of hydrogen-bond acceptors (Lipinski definition) is 6. The van der Waals surface area contributed by atoms with E-state index in [9.17, 15) is 8.42 Å². The fraction of sp³-hybridized carbons (Fsp3) is 0.200. The van der Waals surface area contributed by atoms with Gasteiger partial charge in [-0.2, -0.15) is 24.4 Å². The van der Waals surface area contributed by atoms with Crippen molar-refractivity contribution in [2.45, 2.75) is 18.7 Å². The Morgan fingerprint density at radius 2 is 1.93 bits per heavy atom. The maximum atomic E-state index is 12.8. The van der Waals surface area contributed by atoms with E-state index in [2.05, 4.69) is 21.4 Å². The molecular weight excluding hydrogens is 420 g/mol. The summed E-state index contributed by atoms with van der Waals surface area (Å²) >= 11 is 5.27. The summed E-state index contributed by atoms with van der Waals surface area (Å²) in [5.74, 6) is 0.390. The third-order valence-corrected chi connectivity index (χ3v) is 6.76. The maximum absolute atomic E-state index is 12.8. The second-order valence-corrected chi connectivity index (χ2v) is 8.58. The summed E-state index contributed by atoms with van der Waals surface area (Å²) in [7, 11) is -3.60. The Kier molecular flexibility index (Phi) is 6.56. The molecule has 3 aromatic rings. The third kappa shape index (κ3) is 4.38. The van der Waals surface area contributed by atoms with Crippen molar-refractivity contribution < 1.29 is 8.42 Å². The molecule has 3 rings (SSSR count). The highest BCUT2D eigenvalue weighted by molar-refractivity contribution is 7.89. The summed E-state index contributed by atoms with van der Waals surface area (Å²) in [6.45, 7) is 4.37. The van der Waals surface area contributed by atoms with E-state index < -0.39 is 10.0 Å². The molecule has 0 unspecified atom stereocenters. The van der Waals surface area contributed by atoms with Crippen molar-refractivity contribution in [1.82, 2.24) is 19.2 Å². The van der Waals surface area contributed by atoms with Gasteiger partial charge >= 0.3 is 0 Å². The molecule has 0 fully saturated rings. The predicted molar refractivity (Wildman–Crippen MR) is 117 cm³/mol. The minimum atomic E-state index is -3.60. The maximum Gasteiger partial charge on any atom is 0.243 e. The quantitative estimate of drug-likeness (QED) is 0.448. The van der Waals surface area contributed by atoms with Crippen LogP contribution in [0.3, 0.4) is 0 Å². The molecule has 0 saturated heterocycles. The molecule has 1 N–H and O–H groups in total. The second-order valence-electron chi connectivity index (χ2n) is 6.26. The largest absolute Gasteiger partial charge is 0.250 e. The lowest BCUT2D eigenvalue weighted by Crippen LogP contribution is -2.30. The van der Waals surface area contributed by atoms with Crippen molar-refractivity contribution in [2.75, 3.05) is 13.1 Å². The van der Waals surface area contributed by atoms with Crippen LogP contribution in [0.4, 0.5) is 0 Å². The molecule has 8 nitrogen and oxygen atoms in total. The Labute approximate surface area is 180 Å². The van der Waals surface area contributed by atoms with Gasteiger partial charge in [-0.3, -0.25) is 0 Å². The number of H-pyrrole nitrogens is 1. The van der Waals surface area contributed by atoms with E-state index in [0.29, 0.717) is 30.0 Å². The van der Waals surface area contributed by atoms with E-state index in [1.54, 1.807) is 68.6 Å². The minimum Gasteiger partial charge on any atom is -0.250 e. The number of rotatable bonds is 7. The highest BCUT2D eigenvalue weighted by atomic mass is 32.2. The molecule has 0 aliphatic rings. The van der Waals surface area contributed by atoms with Crippen LogP contribution in [0.25, 0.3) is 11.4 Å². The number of sulfonamides is 1. The molecule has 0 aliphatic carbocycles. The number of aromatic nitrogens is 3. The Morgan fingerprint density at radius 1 is 1.23 bits per heavy atom. The fourth-order valence-electron chi connectivity index (χ4n) is 2.86. The van der Waals surface area contributed by atoms with Crippen molar-refractivity contribution in [2.24, 2.45) is 5.10 Å². The molecule has 0 saturated carbocycles. The summed E-state index contributed by atoms with van der Waals surface area (Å²) < 4.78 is 28.8. The molecule has 10 heteroatoms. The van der Waals surface area contributed by atoms with E-state index >= 15 is 0 Å². The first-order valence-corrected chi connectivity index (χ1v) is 11.1. The average molecular weight is 441 g/mol. The normalized spacial score (nSPS) is 11.8. The SMILES string of the molecule is CCN(CC)S(=O)(=O)c1cccc(-c2n[nH]c(=S)n2N=Cc2ccc(C#N)cc2)c1. The standard InChI is InChI=1S/C20H20N6O2S2/c1-3-25(4-2)30(27,28)18-7-5-6-17(12-18)19-23-24-20(29)26(19)22-14-16-10-8-15(13-21)9-11-16/h5-12,14H,3-4H2,1-2H3,(H,24,29). The van der Waals surface area contributed by atoms with Crippen LogP contribution in [-0.4, -0.2) is 46.9 Å². The fourth-order valence-corrected chi connectivity index (χ4v) is 4.55. The van der Waals surface area contributed by atoms with E-state index in [4.69, 9.17) is 17.5 Å². The summed E-state index contributed by atoms with van der Waals surface area (Å²) in [6, 6.07) is 15.5. The van der Waals surface area contributed by atoms with Crippen LogP contribution >= 0.6 is 12.2 Å². The topological polar surface area (TPSA) is 107 Å². The van der Waals surface area contributed by atoms with Gasteiger partial charge in [-0.05, 0) is 42.0 Å². The number of aromatic amines is 1. The van der Waals surface area contributed by atoms with Gasteiger partial charge in [-0.1, -0.05) is 38.1 Å². The lowest BCUT2D eigenvalue weighted by molar-refractivity contribution is 0.445. The monoisotopic (exact) mass is 440 g/mol.